The Labute approximate surface area is 463 Å². The average molecular weight is 1130 g/mol. The van der Waals surface area contributed by atoms with Crippen LogP contribution in [-0.4, -0.2) is 173 Å². The predicted octanol–water partition coefficient (Wildman–Crippen LogP) is -3.92. The molecule has 0 heterocycles. The van der Waals surface area contributed by atoms with E-state index < -0.39 is 126 Å². The lowest BCUT2D eigenvalue weighted by atomic mass is 9.96. The molecular weight excluding hydrogens is 1040 g/mol. The molecule has 0 saturated heterocycles. The smallest absolute Gasteiger partial charge is 0.327 e. The summed E-state index contributed by atoms with van der Waals surface area (Å²) in [6, 6.07) is -12.0. The summed E-state index contributed by atoms with van der Waals surface area (Å²) >= 11 is 8.23. The van der Waals surface area contributed by atoms with Crippen molar-refractivity contribution in [2.24, 2.45) is 51.4 Å². The van der Waals surface area contributed by atoms with Crippen molar-refractivity contribution in [3.05, 3.63) is 0 Å². The Balaban J connectivity index is 6.88. The summed E-state index contributed by atoms with van der Waals surface area (Å²) in [5.74, 6) is -10.0. The Morgan fingerprint density at radius 2 is 0.844 bits per heavy atom. The van der Waals surface area contributed by atoms with Gasteiger partial charge in [0.05, 0.1) is 12.6 Å². The number of unbranched alkanes of at least 4 members (excludes halogenated alkanes) is 2. The number of aliphatic carboxylic acids is 1. The zero-order valence-electron chi connectivity index (χ0n) is 45.7. The molecule has 0 fully saturated rings. The van der Waals surface area contributed by atoms with Gasteiger partial charge in [-0.15, -0.1) is 0 Å². The van der Waals surface area contributed by atoms with E-state index in [4.69, 9.17) is 28.7 Å². The van der Waals surface area contributed by atoms with E-state index >= 15 is 0 Å². The molecule has 0 saturated carbocycles. The van der Waals surface area contributed by atoms with E-state index in [-0.39, 0.29) is 94.0 Å². The van der Waals surface area contributed by atoms with Crippen LogP contribution in [0.2, 0.25) is 0 Å². The van der Waals surface area contributed by atoms with Crippen molar-refractivity contribution in [2.75, 3.05) is 37.7 Å². The molecule has 442 valence electrons. The van der Waals surface area contributed by atoms with Gasteiger partial charge < -0.3 is 86.7 Å². The standard InChI is InChI=1S/C48H91N15O12S2/c1-8-27(6)37(45(72)58-30(15-10-12-18-50)41(68)63-38(28(7)64)46(73)59-33(21-26(4)5)43(70)61-35(24-77)47(74)75)62-40(67)31(16-13-19-54-48(52)53)56-39(66)29(14-9-11-17-49)57-44(71)34(23-76)60-42(69)32(20-25(2)3)55-36(65)22-51/h25-35,37-38,64,76-77H,8-24,49-51H2,1-7H3,(H,55,65)(H,56,66)(H,57,71)(H,58,72)(H,59,73)(H,60,69)(H,61,70)(H,62,67)(H,63,68)(H,74,75)(H4,52,53,54)/t27-,28+,29-,30-,31-,32-,33-,34-,35-,37-,38-/m0/s1. The number of thiol groups is 2. The van der Waals surface area contributed by atoms with Gasteiger partial charge in [-0.1, -0.05) is 48.0 Å². The molecule has 9 amide bonds. The first-order valence-corrected chi connectivity index (χ1v) is 27.5. The van der Waals surface area contributed by atoms with Crippen molar-refractivity contribution < 1.29 is 58.2 Å². The van der Waals surface area contributed by atoms with E-state index in [9.17, 15) is 58.2 Å². The lowest BCUT2D eigenvalue weighted by Gasteiger charge is -2.30. The van der Waals surface area contributed by atoms with Crippen LogP contribution in [0.3, 0.4) is 0 Å². The van der Waals surface area contributed by atoms with Gasteiger partial charge in [0.25, 0.3) is 0 Å². The van der Waals surface area contributed by atoms with E-state index in [1.54, 1.807) is 27.7 Å². The van der Waals surface area contributed by atoms with E-state index in [0.717, 1.165) is 0 Å². The van der Waals surface area contributed by atoms with Crippen LogP contribution in [0.5, 0.6) is 0 Å². The molecule has 11 atom stereocenters. The maximum atomic E-state index is 14.4. The van der Waals surface area contributed by atoms with E-state index in [0.29, 0.717) is 32.1 Å². The van der Waals surface area contributed by atoms with Gasteiger partial charge in [0, 0.05) is 18.1 Å². The summed E-state index contributed by atoms with van der Waals surface area (Å²) in [7, 11) is 0. The first-order chi connectivity index (χ1) is 36.2. The minimum atomic E-state index is -1.67. The van der Waals surface area contributed by atoms with Crippen LogP contribution in [0.25, 0.3) is 0 Å². The molecule has 0 bridgehead atoms. The number of aliphatic hydroxyl groups is 1. The molecule has 0 radical (unpaired) electrons. The second-order valence-electron chi connectivity index (χ2n) is 19.8. The summed E-state index contributed by atoms with van der Waals surface area (Å²) in [6.07, 6.45) is 0.741. The number of aliphatic hydroxyl groups excluding tert-OH is 1. The molecule has 0 aliphatic heterocycles. The molecule has 77 heavy (non-hydrogen) atoms. The lowest BCUT2D eigenvalue weighted by molar-refractivity contribution is -0.142. The van der Waals surface area contributed by atoms with Crippen molar-refractivity contribution in [1.82, 2.24) is 47.9 Å². The Kier molecular flexibility index (Phi) is 36.2. The van der Waals surface area contributed by atoms with Crippen molar-refractivity contribution >= 4 is 90.4 Å². The van der Waals surface area contributed by atoms with Gasteiger partial charge in [-0.2, -0.15) is 25.3 Å². The Bertz CT molecular complexity index is 1930. The molecule has 0 rings (SSSR count). The first-order valence-electron chi connectivity index (χ1n) is 26.2. The van der Waals surface area contributed by atoms with E-state index in [2.05, 4.69) is 78.1 Å². The van der Waals surface area contributed by atoms with Gasteiger partial charge in [-0.25, -0.2) is 4.79 Å². The van der Waals surface area contributed by atoms with Crippen LogP contribution >= 0.6 is 25.3 Å². The maximum Gasteiger partial charge on any atom is 0.327 e. The third-order valence-electron chi connectivity index (χ3n) is 12.1. The van der Waals surface area contributed by atoms with Crippen LogP contribution in [0.4, 0.5) is 0 Å². The average Bonchev–Trinajstić information content (AvgIpc) is 3.36. The van der Waals surface area contributed by atoms with Crippen LogP contribution < -0.4 is 76.5 Å². The summed E-state index contributed by atoms with van der Waals surface area (Å²) in [5, 5.41) is 43.4. The second-order valence-corrected chi connectivity index (χ2v) is 20.5. The maximum absolute atomic E-state index is 14.4. The van der Waals surface area contributed by atoms with Crippen molar-refractivity contribution in [3.8, 4) is 0 Å². The second kappa shape index (κ2) is 39.0. The van der Waals surface area contributed by atoms with Gasteiger partial charge in [0.15, 0.2) is 5.96 Å². The van der Waals surface area contributed by atoms with Gasteiger partial charge >= 0.3 is 5.97 Å². The third kappa shape index (κ3) is 28.6. The molecule has 29 heteroatoms. The fourth-order valence-corrected chi connectivity index (χ4v) is 8.07. The molecule has 0 spiro atoms. The number of amides is 9. The molecule has 0 aromatic carbocycles. The minimum absolute atomic E-state index is 0.00928. The Morgan fingerprint density at radius 1 is 0.481 bits per heavy atom. The number of nitrogens with zero attached hydrogens (tertiary/aromatic N) is 1. The van der Waals surface area contributed by atoms with Crippen LogP contribution in [0, 0.1) is 17.8 Å². The number of carbonyl (C=O) groups excluding carboxylic acids is 9. The van der Waals surface area contributed by atoms with Crippen LogP contribution in [0.15, 0.2) is 4.99 Å². The number of carboxylic acids is 1. The van der Waals surface area contributed by atoms with Gasteiger partial charge in [0.2, 0.25) is 53.2 Å². The summed E-state index contributed by atoms with van der Waals surface area (Å²) in [6.45, 7) is 12.0. The number of aliphatic imine (C=N–C) groups is 1. The minimum Gasteiger partial charge on any atom is -0.480 e. The Hall–Kier alpha value is -5.49. The van der Waals surface area contributed by atoms with E-state index in [1.807, 2.05) is 13.8 Å². The molecule has 0 aliphatic carbocycles. The topological polar surface area (TPSA) is 462 Å². The SMILES string of the molecule is CC[C@H](C)[C@H](NC(=O)[C@H](CCCN=C(N)N)NC(=O)[C@H](CCCCN)NC(=O)[C@H](CS)NC(=O)[C@H](CC(C)C)NC(=O)CN)C(=O)N[C@@H](CCCCN)C(=O)N[C@H](C(=O)N[C@@H](CC(C)C)C(=O)N[C@@H](CS)C(=O)O)[C@@H](C)O. The monoisotopic (exact) mass is 1130 g/mol. The summed E-state index contributed by atoms with van der Waals surface area (Å²) < 4.78 is 0. The highest BCUT2D eigenvalue weighted by Crippen LogP contribution is 2.14. The molecule has 0 aromatic rings. The van der Waals surface area contributed by atoms with Crippen molar-refractivity contribution in [2.45, 2.75) is 180 Å². The Morgan fingerprint density at radius 3 is 1.25 bits per heavy atom. The molecule has 21 N–H and O–H groups in total. The molecule has 27 nitrogen and oxygen atoms in total. The lowest BCUT2D eigenvalue weighted by Crippen LogP contribution is -2.62. The van der Waals surface area contributed by atoms with Gasteiger partial charge in [-0.3, -0.25) is 48.1 Å². The van der Waals surface area contributed by atoms with Gasteiger partial charge in [-0.05, 0) is 102 Å². The van der Waals surface area contributed by atoms with E-state index in [1.165, 1.54) is 6.92 Å². The molecule has 0 aliphatic rings. The fourth-order valence-electron chi connectivity index (χ4n) is 7.56. The number of rotatable bonds is 40. The number of nitrogens with one attached hydrogen (secondary N) is 9. The number of hydrogen-bond acceptors (Lipinski definition) is 17. The first kappa shape index (κ1) is 71.5. The highest BCUT2D eigenvalue weighted by Gasteiger charge is 2.37. The summed E-state index contributed by atoms with van der Waals surface area (Å²) in [4.78, 5) is 139. The largest absolute Gasteiger partial charge is 0.480 e. The highest BCUT2D eigenvalue weighted by molar-refractivity contribution is 7.80. The predicted molar refractivity (Wildman–Crippen MR) is 298 cm³/mol. The number of carbonyl (C=O) groups is 10. The summed E-state index contributed by atoms with van der Waals surface area (Å²) in [5.41, 5.74) is 28.0. The third-order valence-corrected chi connectivity index (χ3v) is 12.8. The zero-order chi connectivity index (χ0) is 58.9. The molecule has 0 aromatic heterocycles. The molecule has 0 unspecified atom stereocenters. The number of carboxylic acid groups (broad SMARTS) is 1. The highest BCUT2D eigenvalue weighted by atomic mass is 32.1. The normalized spacial score (nSPS) is 15.5. The number of guanidine groups is 1. The molecular formula is C48H91N15O12S2. The van der Waals surface area contributed by atoms with Crippen molar-refractivity contribution in [1.29, 1.82) is 0 Å². The van der Waals surface area contributed by atoms with Crippen molar-refractivity contribution in [3.63, 3.8) is 0 Å². The zero-order valence-corrected chi connectivity index (χ0v) is 47.5. The number of nitrogens with two attached hydrogens (primary N) is 5. The van der Waals surface area contributed by atoms with Crippen LogP contribution in [0.1, 0.15) is 119 Å². The number of hydrogen-bond donors (Lipinski definition) is 18. The fraction of sp³-hybridized carbons (Fsp3) is 0.771. The quantitative estimate of drug-likeness (QED) is 0.0121. The van der Waals surface area contributed by atoms with Gasteiger partial charge in [0.1, 0.15) is 54.4 Å². The van der Waals surface area contributed by atoms with Crippen LogP contribution in [-0.2, 0) is 47.9 Å².